The molecule has 0 saturated carbocycles. The minimum Gasteiger partial charge on any atom is -0.289 e. The van der Waals surface area contributed by atoms with E-state index in [1.54, 1.807) is 11.3 Å². The summed E-state index contributed by atoms with van der Waals surface area (Å²) in [4.78, 5) is 6.30. The number of likely N-dealkylation sites (tertiary alicyclic amines) is 1. The Morgan fingerprint density at radius 3 is 3.00 bits per heavy atom. The maximum Gasteiger partial charge on any atom is 0.125 e. The Labute approximate surface area is 75.0 Å². The smallest absolute Gasteiger partial charge is 0.125 e. The van der Waals surface area contributed by atoms with Gasteiger partial charge in [-0.3, -0.25) is 4.90 Å². The number of nitrogens with zero attached hydrogens (tertiary/aromatic N) is 2. The molecule has 0 aromatic carbocycles. The zero-order chi connectivity index (χ0) is 8.55. The lowest BCUT2D eigenvalue weighted by Gasteiger charge is -2.38. The van der Waals surface area contributed by atoms with E-state index in [4.69, 9.17) is 0 Å². The molecule has 4 heteroatoms. The standard InChI is InChI=1S/C8H11FN2S/c1-6(8-4-12-5-10-8)11-2-7(9)3-11/h4-7H,2-3H2,1H3. The zero-order valence-electron chi connectivity index (χ0n) is 6.90. The van der Waals surface area contributed by atoms with Gasteiger partial charge in [-0.05, 0) is 6.92 Å². The molecule has 0 N–H and O–H groups in total. The average Bonchev–Trinajstić information content (AvgIpc) is 2.49. The molecule has 2 rings (SSSR count). The van der Waals surface area contributed by atoms with E-state index in [1.165, 1.54) is 0 Å². The van der Waals surface area contributed by atoms with Crippen molar-refractivity contribution >= 4 is 11.3 Å². The molecule has 1 fully saturated rings. The third kappa shape index (κ3) is 1.36. The van der Waals surface area contributed by atoms with Crippen LogP contribution in [-0.2, 0) is 0 Å². The largest absolute Gasteiger partial charge is 0.289 e. The summed E-state index contributed by atoms with van der Waals surface area (Å²) in [5.74, 6) is 0. The summed E-state index contributed by atoms with van der Waals surface area (Å²) >= 11 is 1.59. The quantitative estimate of drug-likeness (QED) is 0.700. The summed E-state index contributed by atoms with van der Waals surface area (Å²) < 4.78 is 12.5. The molecular weight excluding hydrogens is 175 g/mol. The first kappa shape index (κ1) is 8.13. The van der Waals surface area contributed by atoms with Gasteiger partial charge in [0, 0.05) is 18.5 Å². The number of alkyl halides is 1. The summed E-state index contributed by atoms with van der Waals surface area (Å²) in [5, 5.41) is 2.02. The van der Waals surface area contributed by atoms with Gasteiger partial charge in [-0.25, -0.2) is 9.37 Å². The molecule has 1 aliphatic rings. The van der Waals surface area contributed by atoms with Crippen LogP contribution in [0.2, 0.25) is 0 Å². The molecule has 2 heterocycles. The monoisotopic (exact) mass is 186 g/mol. The van der Waals surface area contributed by atoms with E-state index in [9.17, 15) is 4.39 Å². The van der Waals surface area contributed by atoms with Crippen LogP contribution in [0.4, 0.5) is 4.39 Å². The molecule has 1 unspecified atom stereocenters. The minimum atomic E-state index is -0.619. The highest BCUT2D eigenvalue weighted by Gasteiger charge is 2.31. The maximum atomic E-state index is 12.5. The second-order valence-corrected chi connectivity index (χ2v) is 3.86. The molecule has 66 valence electrons. The lowest BCUT2D eigenvalue weighted by molar-refractivity contribution is 0.0319. The molecule has 1 aromatic rings. The number of rotatable bonds is 2. The van der Waals surface area contributed by atoms with E-state index in [0.717, 1.165) is 5.69 Å². The van der Waals surface area contributed by atoms with Gasteiger partial charge >= 0.3 is 0 Å². The van der Waals surface area contributed by atoms with Crippen molar-refractivity contribution in [2.45, 2.75) is 19.1 Å². The van der Waals surface area contributed by atoms with Gasteiger partial charge in [0.2, 0.25) is 0 Å². The molecule has 0 spiro atoms. The molecule has 1 atom stereocenters. The Bertz CT molecular complexity index is 244. The van der Waals surface area contributed by atoms with Gasteiger partial charge in [0.25, 0.3) is 0 Å². The number of hydrogen-bond acceptors (Lipinski definition) is 3. The Kier molecular flexibility index (Phi) is 2.11. The third-order valence-electron chi connectivity index (χ3n) is 2.29. The first-order chi connectivity index (χ1) is 5.77. The first-order valence-corrected chi connectivity index (χ1v) is 4.98. The fourth-order valence-corrected chi connectivity index (χ4v) is 2.03. The third-order valence-corrected chi connectivity index (χ3v) is 2.90. The van der Waals surface area contributed by atoms with Gasteiger partial charge in [-0.2, -0.15) is 0 Å². The zero-order valence-corrected chi connectivity index (χ0v) is 7.72. The van der Waals surface area contributed by atoms with Crippen LogP contribution in [0.5, 0.6) is 0 Å². The molecule has 1 aromatic heterocycles. The van der Waals surface area contributed by atoms with Gasteiger partial charge in [-0.1, -0.05) is 0 Å². The first-order valence-electron chi connectivity index (χ1n) is 4.03. The molecule has 0 bridgehead atoms. The molecular formula is C8H11FN2S. The van der Waals surface area contributed by atoms with Crippen molar-refractivity contribution in [1.29, 1.82) is 0 Å². The van der Waals surface area contributed by atoms with Crippen molar-refractivity contribution < 1.29 is 4.39 Å². The van der Waals surface area contributed by atoms with E-state index < -0.39 is 6.17 Å². The summed E-state index contributed by atoms with van der Waals surface area (Å²) in [6.07, 6.45) is -0.619. The van der Waals surface area contributed by atoms with Gasteiger partial charge in [0.1, 0.15) is 6.17 Å². The van der Waals surface area contributed by atoms with Crippen LogP contribution in [0.15, 0.2) is 10.9 Å². The van der Waals surface area contributed by atoms with Gasteiger partial charge in [-0.15, -0.1) is 11.3 Å². The highest BCUT2D eigenvalue weighted by molar-refractivity contribution is 7.07. The van der Waals surface area contributed by atoms with Crippen molar-refractivity contribution in [2.24, 2.45) is 0 Å². The summed E-state index contributed by atoms with van der Waals surface area (Å²) in [7, 11) is 0. The minimum absolute atomic E-state index is 0.281. The number of thiazole rings is 1. The van der Waals surface area contributed by atoms with Crippen LogP contribution in [0, 0.1) is 0 Å². The van der Waals surface area contributed by atoms with Crippen LogP contribution in [-0.4, -0.2) is 29.1 Å². The average molecular weight is 186 g/mol. The SMILES string of the molecule is CC(c1cscn1)N1CC(F)C1. The van der Waals surface area contributed by atoms with Crippen LogP contribution in [0.3, 0.4) is 0 Å². The summed E-state index contributed by atoms with van der Waals surface area (Å²) in [6, 6.07) is 0.281. The normalized spacial score (nSPS) is 22.2. The van der Waals surface area contributed by atoms with E-state index in [-0.39, 0.29) is 6.04 Å². The second kappa shape index (κ2) is 3.11. The fourth-order valence-electron chi connectivity index (χ4n) is 1.39. The number of hydrogen-bond donors (Lipinski definition) is 0. The Morgan fingerprint density at radius 2 is 2.50 bits per heavy atom. The maximum absolute atomic E-state index is 12.5. The van der Waals surface area contributed by atoms with Crippen molar-refractivity contribution in [2.75, 3.05) is 13.1 Å². The molecule has 0 radical (unpaired) electrons. The fraction of sp³-hybridized carbons (Fsp3) is 0.625. The van der Waals surface area contributed by atoms with Crippen LogP contribution >= 0.6 is 11.3 Å². The highest BCUT2D eigenvalue weighted by Crippen LogP contribution is 2.25. The molecule has 1 aliphatic heterocycles. The van der Waals surface area contributed by atoms with E-state index in [1.807, 2.05) is 10.9 Å². The van der Waals surface area contributed by atoms with Gasteiger partial charge in [0.05, 0.1) is 17.2 Å². The van der Waals surface area contributed by atoms with Crippen LogP contribution in [0.1, 0.15) is 18.7 Å². The Morgan fingerprint density at radius 1 is 1.75 bits per heavy atom. The number of aromatic nitrogens is 1. The van der Waals surface area contributed by atoms with Gasteiger partial charge < -0.3 is 0 Å². The predicted molar refractivity (Wildman–Crippen MR) is 47.0 cm³/mol. The lowest BCUT2D eigenvalue weighted by atomic mass is 10.1. The molecule has 0 amide bonds. The molecule has 0 aliphatic carbocycles. The Hall–Kier alpha value is -0.480. The predicted octanol–water partition coefficient (Wildman–Crippen LogP) is 1.86. The van der Waals surface area contributed by atoms with E-state index in [2.05, 4.69) is 16.8 Å². The van der Waals surface area contributed by atoms with Gasteiger partial charge in [0.15, 0.2) is 0 Å². The summed E-state index contributed by atoms with van der Waals surface area (Å²) in [5.41, 5.74) is 2.88. The van der Waals surface area contributed by atoms with E-state index in [0.29, 0.717) is 13.1 Å². The molecule has 1 saturated heterocycles. The van der Waals surface area contributed by atoms with Crippen LogP contribution in [0.25, 0.3) is 0 Å². The van der Waals surface area contributed by atoms with E-state index >= 15 is 0 Å². The summed E-state index contributed by atoms with van der Waals surface area (Å²) in [6.45, 7) is 3.21. The topological polar surface area (TPSA) is 16.1 Å². The molecule has 2 nitrogen and oxygen atoms in total. The molecule has 12 heavy (non-hydrogen) atoms. The second-order valence-electron chi connectivity index (χ2n) is 3.14. The lowest BCUT2D eigenvalue weighted by Crippen LogP contribution is -2.49. The van der Waals surface area contributed by atoms with Crippen molar-refractivity contribution in [3.05, 3.63) is 16.6 Å². The van der Waals surface area contributed by atoms with Crippen molar-refractivity contribution in [3.8, 4) is 0 Å². The van der Waals surface area contributed by atoms with Crippen molar-refractivity contribution in [3.63, 3.8) is 0 Å². The van der Waals surface area contributed by atoms with Crippen molar-refractivity contribution in [1.82, 2.24) is 9.88 Å². The number of halogens is 1. The van der Waals surface area contributed by atoms with Crippen LogP contribution < -0.4 is 0 Å². The Balaban J connectivity index is 1.97. The highest BCUT2D eigenvalue weighted by atomic mass is 32.1.